The zero-order valence-corrected chi connectivity index (χ0v) is 9.37. The van der Waals surface area contributed by atoms with Crippen LogP contribution in [0.15, 0.2) is 48.5 Å². The van der Waals surface area contributed by atoms with Crippen LogP contribution in [0.2, 0.25) is 5.02 Å². The first-order valence-electron chi connectivity index (χ1n) is 4.99. The molecule has 0 atom stereocenters. The minimum Gasteiger partial charge on any atom is -0.291 e. The van der Waals surface area contributed by atoms with Gasteiger partial charge in [0.1, 0.15) is 0 Å². The summed E-state index contributed by atoms with van der Waals surface area (Å²) in [6, 6.07) is 15.6. The van der Waals surface area contributed by atoms with Gasteiger partial charge in [-0.1, -0.05) is 48.0 Å². The van der Waals surface area contributed by atoms with E-state index in [-0.39, 0.29) is 0 Å². The van der Waals surface area contributed by atoms with E-state index in [0.29, 0.717) is 6.42 Å². The Balaban J connectivity index is 2.27. The highest BCUT2D eigenvalue weighted by Gasteiger charge is 1.98. The molecule has 0 amide bonds. The van der Waals surface area contributed by atoms with Gasteiger partial charge in [-0.15, -0.1) is 0 Å². The number of rotatable bonds is 3. The van der Waals surface area contributed by atoms with Crippen molar-refractivity contribution < 1.29 is 4.79 Å². The fourth-order valence-electron chi connectivity index (χ4n) is 1.54. The van der Waals surface area contributed by atoms with Crippen molar-refractivity contribution in [3.8, 4) is 11.1 Å². The Morgan fingerprint density at radius 3 is 1.88 bits per heavy atom. The third kappa shape index (κ3) is 2.50. The highest BCUT2D eigenvalue weighted by Crippen LogP contribution is 2.21. The molecule has 1 radical (unpaired) electrons. The molecule has 2 aromatic rings. The SMILES string of the molecule is O=[C]Cc1ccc(-c2ccc(Cl)cc2)cc1. The Labute approximate surface area is 99.7 Å². The van der Waals surface area contributed by atoms with Crippen molar-refractivity contribution >= 4 is 17.9 Å². The number of benzene rings is 2. The van der Waals surface area contributed by atoms with Crippen LogP contribution in [0, 0.1) is 0 Å². The van der Waals surface area contributed by atoms with Crippen LogP contribution in [0.3, 0.4) is 0 Å². The van der Waals surface area contributed by atoms with E-state index in [2.05, 4.69) is 0 Å². The van der Waals surface area contributed by atoms with Crippen LogP contribution in [0.4, 0.5) is 0 Å². The summed E-state index contributed by atoms with van der Waals surface area (Å²) in [7, 11) is 0. The van der Waals surface area contributed by atoms with Gasteiger partial charge in [0.05, 0.1) is 0 Å². The summed E-state index contributed by atoms with van der Waals surface area (Å²) < 4.78 is 0. The molecule has 0 heterocycles. The van der Waals surface area contributed by atoms with Gasteiger partial charge >= 0.3 is 0 Å². The molecule has 1 nitrogen and oxygen atoms in total. The van der Waals surface area contributed by atoms with Crippen LogP contribution in [0.25, 0.3) is 11.1 Å². The molecule has 0 N–H and O–H groups in total. The fourth-order valence-corrected chi connectivity index (χ4v) is 1.67. The highest BCUT2D eigenvalue weighted by molar-refractivity contribution is 6.30. The molecule has 2 rings (SSSR count). The fraction of sp³-hybridized carbons (Fsp3) is 0.0714. The Kier molecular flexibility index (Phi) is 3.37. The summed E-state index contributed by atoms with van der Waals surface area (Å²) in [5.74, 6) is 0. The normalized spacial score (nSPS) is 10.1. The topological polar surface area (TPSA) is 17.1 Å². The predicted octanol–water partition coefficient (Wildman–Crippen LogP) is 3.66. The van der Waals surface area contributed by atoms with Gasteiger partial charge in [-0.05, 0) is 28.8 Å². The first-order valence-corrected chi connectivity index (χ1v) is 5.37. The lowest BCUT2D eigenvalue weighted by Gasteiger charge is -2.02. The van der Waals surface area contributed by atoms with E-state index in [0.717, 1.165) is 21.7 Å². The summed E-state index contributed by atoms with van der Waals surface area (Å²) in [5.41, 5.74) is 3.21. The second-order valence-electron chi connectivity index (χ2n) is 3.52. The van der Waals surface area contributed by atoms with Crippen LogP contribution in [0.1, 0.15) is 5.56 Å². The summed E-state index contributed by atoms with van der Waals surface area (Å²) in [6.07, 6.45) is 2.23. The van der Waals surface area contributed by atoms with Crippen LogP contribution in [0.5, 0.6) is 0 Å². The number of carbonyl (C=O) groups excluding carboxylic acids is 1. The number of halogens is 1. The lowest BCUT2D eigenvalue weighted by Crippen LogP contribution is -1.85. The maximum Gasteiger partial charge on any atom is 0.203 e. The van der Waals surface area contributed by atoms with E-state index in [9.17, 15) is 4.79 Å². The van der Waals surface area contributed by atoms with Crippen LogP contribution >= 0.6 is 11.6 Å². The molecule has 0 aliphatic heterocycles. The molecule has 0 fully saturated rings. The largest absolute Gasteiger partial charge is 0.291 e. The third-order valence-corrected chi connectivity index (χ3v) is 2.66. The molecule has 79 valence electrons. The van der Waals surface area contributed by atoms with Crippen molar-refractivity contribution in [2.75, 3.05) is 0 Å². The van der Waals surface area contributed by atoms with Crippen LogP contribution in [-0.2, 0) is 11.2 Å². The molecule has 0 saturated carbocycles. The third-order valence-electron chi connectivity index (χ3n) is 2.41. The monoisotopic (exact) mass is 229 g/mol. The first kappa shape index (κ1) is 10.9. The average Bonchev–Trinajstić information content (AvgIpc) is 2.32. The second kappa shape index (κ2) is 4.95. The van der Waals surface area contributed by atoms with E-state index in [4.69, 9.17) is 11.6 Å². The quantitative estimate of drug-likeness (QED) is 0.785. The van der Waals surface area contributed by atoms with E-state index in [1.54, 1.807) is 0 Å². The Morgan fingerprint density at radius 1 is 0.875 bits per heavy atom. The smallest absolute Gasteiger partial charge is 0.203 e. The predicted molar refractivity (Wildman–Crippen MR) is 66.3 cm³/mol. The maximum atomic E-state index is 10.2. The van der Waals surface area contributed by atoms with Crippen LogP contribution < -0.4 is 0 Å². The van der Waals surface area contributed by atoms with Gasteiger partial charge in [-0.3, -0.25) is 4.79 Å². The summed E-state index contributed by atoms with van der Waals surface area (Å²) in [4.78, 5) is 10.2. The zero-order valence-electron chi connectivity index (χ0n) is 8.61. The van der Waals surface area contributed by atoms with Gasteiger partial charge in [0.15, 0.2) is 0 Å². The molecule has 0 spiro atoms. The van der Waals surface area contributed by atoms with Crippen molar-refractivity contribution in [3.63, 3.8) is 0 Å². The second-order valence-corrected chi connectivity index (χ2v) is 3.96. The summed E-state index contributed by atoms with van der Waals surface area (Å²) in [6.45, 7) is 0. The Hall–Kier alpha value is -1.60. The van der Waals surface area contributed by atoms with Gasteiger partial charge in [-0.25, -0.2) is 0 Å². The zero-order chi connectivity index (χ0) is 11.4. The van der Waals surface area contributed by atoms with E-state index in [1.165, 1.54) is 0 Å². The molecule has 16 heavy (non-hydrogen) atoms. The van der Waals surface area contributed by atoms with Gasteiger partial charge in [0.25, 0.3) is 0 Å². The molecule has 0 aromatic heterocycles. The number of hydrogen-bond donors (Lipinski definition) is 0. The minimum absolute atomic E-state index is 0.348. The number of hydrogen-bond acceptors (Lipinski definition) is 1. The van der Waals surface area contributed by atoms with Gasteiger partial charge in [0, 0.05) is 11.4 Å². The molecule has 2 heteroatoms. The lowest BCUT2D eigenvalue weighted by atomic mass is 10.0. The molecular formula is C14H10ClO. The van der Waals surface area contributed by atoms with Crippen molar-refractivity contribution in [2.24, 2.45) is 0 Å². The van der Waals surface area contributed by atoms with Crippen LogP contribution in [-0.4, -0.2) is 6.29 Å². The molecule has 0 unspecified atom stereocenters. The Morgan fingerprint density at radius 2 is 1.38 bits per heavy atom. The molecule has 0 saturated heterocycles. The van der Waals surface area contributed by atoms with Gasteiger partial charge < -0.3 is 0 Å². The van der Waals surface area contributed by atoms with E-state index in [1.807, 2.05) is 54.8 Å². The Bertz CT molecular complexity index is 471. The highest BCUT2D eigenvalue weighted by atomic mass is 35.5. The molecule has 0 aliphatic carbocycles. The van der Waals surface area contributed by atoms with Crippen molar-refractivity contribution in [2.45, 2.75) is 6.42 Å². The minimum atomic E-state index is 0.348. The van der Waals surface area contributed by atoms with Crippen molar-refractivity contribution in [1.29, 1.82) is 0 Å². The maximum absolute atomic E-state index is 10.2. The standard InChI is InChI=1S/C14H10ClO/c15-14-7-5-13(6-8-14)12-3-1-11(2-4-12)9-10-16/h1-8H,9H2. The summed E-state index contributed by atoms with van der Waals surface area (Å²) >= 11 is 5.82. The molecule has 2 aromatic carbocycles. The molecule has 0 bridgehead atoms. The van der Waals surface area contributed by atoms with Crippen molar-refractivity contribution in [1.82, 2.24) is 0 Å². The lowest BCUT2D eigenvalue weighted by molar-refractivity contribution is 0.555. The first-order chi connectivity index (χ1) is 7.79. The van der Waals surface area contributed by atoms with E-state index >= 15 is 0 Å². The summed E-state index contributed by atoms with van der Waals surface area (Å²) in [5, 5.41) is 0.732. The van der Waals surface area contributed by atoms with Gasteiger partial charge in [-0.2, -0.15) is 0 Å². The average molecular weight is 230 g/mol. The molecule has 0 aliphatic rings. The van der Waals surface area contributed by atoms with E-state index < -0.39 is 0 Å². The van der Waals surface area contributed by atoms with Crippen molar-refractivity contribution in [3.05, 3.63) is 59.1 Å². The molecular weight excluding hydrogens is 220 g/mol. The van der Waals surface area contributed by atoms with Gasteiger partial charge in [0.2, 0.25) is 6.29 Å².